The van der Waals surface area contributed by atoms with E-state index in [9.17, 15) is 4.79 Å². The maximum absolute atomic E-state index is 12.3. The first-order valence-electron chi connectivity index (χ1n) is 6.85. The van der Waals surface area contributed by atoms with Gasteiger partial charge in [-0.25, -0.2) is 4.98 Å². The van der Waals surface area contributed by atoms with E-state index < -0.39 is 0 Å². The molecule has 1 aliphatic heterocycles. The summed E-state index contributed by atoms with van der Waals surface area (Å²) in [6, 6.07) is 13.1. The number of aromatic nitrogens is 1. The first-order chi connectivity index (χ1) is 10.2. The summed E-state index contributed by atoms with van der Waals surface area (Å²) in [5, 5.41) is 0. The Morgan fingerprint density at radius 2 is 2.05 bits per heavy atom. The van der Waals surface area contributed by atoms with E-state index in [1.165, 1.54) is 0 Å². The van der Waals surface area contributed by atoms with Gasteiger partial charge in [-0.2, -0.15) is 0 Å². The van der Waals surface area contributed by atoms with Gasteiger partial charge in [-0.15, -0.1) is 0 Å². The van der Waals surface area contributed by atoms with Crippen LogP contribution in [0, 0.1) is 0 Å². The number of amides is 1. The number of ether oxygens (including phenoxy) is 1. The number of carbonyl (C=O) groups is 1. The summed E-state index contributed by atoms with van der Waals surface area (Å²) in [5.41, 5.74) is 0.722. The molecule has 3 rings (SSSR count). The molecule has 1 atom stereocenters. The van der Waals surface area contributed by atoms with Crippen LogP contribution in [0.5, 0.6) is 5.88 Å². The third-order valence-electron chi connectivity index (χ3n) is 3.44. The van der Waals surface area contributed by atoms with E-state index in [-0.39, 0.29) is 12.0 Å². The van der Waals surface area contributed by atoms with E-state index in [2.05, 4.69) is 20.9 Å². The van der Waals surface area contributed by atoms with Crippen molar-refractivity contribution in [2.45, 2.75) is 12.5 Å². The number of pyridine rings is 1. The SMILES string of the molecule is O=C(c1ccccc1)N1CCC(Oc2ccc(Br)cn2)C1. The zero-order chi connectivity index (χ0) is 14.7. The Bertz CT molecular complexity index is 616. The Balaban J connectivity index is 1.60. The fraction of sp³-hybridized carbons (Fsp3) is 0.250. The molecule has 0 radical (unpaired) electrons. The van der Waals surface area contributed by atoms with Crippen LogP contribution in [0.2, 0.25) is 0 Å². The highest BCUT2D eigenvalue weighted by molar-refractivity contribution is 9.10. The van der Waals surface area contributed by atoms with Gasteiger partial charge in [0.25, 0.3) is 5.91 Å². The highest BCUT2D eigenvalue weighted by Crippen LogP contribution is 2.19. The van der Waals surface area contributed by atoms with Crippen molar-refractivity contribution in [2.24, 2.45) is 0 Å². The molecule has 21 heavy (non-hydrogen) atoms. The summed E-state index contributed by atoms with van der Waals surface area (Å²) in [4.78, 5) is 18.4. The van der Waals surface area contributed by atoms with Crippen molar-refractivity contribution in [1.82, 2.24) is 9.88 Å². The molecule has 4 nitrogen and oxygen atoms in total. The first-order valence-corrected chi connectivity index (χ1v) is 7.64. The smallest absolute Gasteiger partial charge is 0.253 e. The highest BCUT2D eigenvalue weighted by Gasteiger charge is 2.28. The number of hydrogen-bond acceptors (Lipinski definition) is 3. The molecule has 0 spiro atoms. The largest absolute Gasteiger partial charge is 0.472 e. The first kappa shape index (κ1) is 14.1. The van der Waals surface area contributed by atoms with Gasteiger partial charge in [-0.3, -0.25) is 4.79 Å². The number of nitrogens with zero attached hydrogens (tertiary/aromatic N) is 2. The van der Waals surface area contributed by atoms with Crippen LogP contribution < -0.4 is 4.74 Å². The van der Waals surface area contributed by atoms with Gasteiger partial charge < -0.3 is 9.64 Å². The summed E-state index contributed by atoms with van der Waals surface area (Å²) in [5.74, 6) is 0.655. The molecule has 108 valence electrons. The summed E-state index contributed by atoms with van der Waals surface area (Å²) < 4.78 is 6.74. The number of rotatable bonds is 3. The predicted molar refractivity (Wildman–Crippen MR) is 83.3 cm³/mol. The van der Waals surface area contributed by atoms with Crippen molar-refractivity contribution in [1.29, 1.82) is 0 Å². The lowest BCUT2D eigenvalue weighted by atomic mass is 10.2. The van der Waals surface area contributed by atoms with Gasteiger partial charge >= 0.3 is 0 Å². The van der Waals surface area contributed by atoms with E-state index in [1.54, 1.807) is 6.20 Å². The zero-order valence-corrected chi connectivity index (χ0v) is 13.0. The lowest BCUT2D eigenvalue weighted by molar-refractivity contribution is 0.0771. The number of benzene rings is 1. The molecule has 0 saturated carbocycles. The second kappa shape index (κ2) is 6.26. The minimum atomic E-state index is 0.00587. The van der Waals surface area contributed by atoms with Crippen LogP contribution in [0.3, 0.4) is 0 Å². The maximum Gasteiger partial charge on any atom is 0.253 e. The summed E-state index contributed by atoms with van der Waals surface area (Å²) in [6.45, 7) is 1.32. The number of hydrogen-bond donors (Lipinski definition) is 0. The molecule has 1 amide bonds. The Labute approximate surface area is 131 Å². The molecule has 2 aromatic rings. The van der Waals surface area contributed by atoms with Gasteiger partial charge in [0.05, 0.1) is 6.54 Å². The molecule has 1 fully saturated rings. The number of likely N-dealkylation sites (tertiary alicyclic amines) is 1. The molecule has 0 bridgehead atoms. The van der Waals surface area contributed by atoms with Crippen molar-refractivity contribution in [3.05, 3.63) is 58.7 Å². The number of halogens is 1. The van der Waals surface area contributed by atoms with Crippen molar-refractivity contribution < 1.29 is 9.53 Å². The average molecular weight is 347 g/mol. The van der Waals surface area contributed by atoms with Crippen LogP contribution in [0.15, 0.2) is 53.1 Å². The van der Waals surface area contributed by atoms with Crippen LogP contribution in [0.25, 0.3) is 0 Å². The van der Waals surface area contributed by atoms with Crippen molar-refractivity contribution >= 4 is 21.8 Å². The summed E-state index contributed by atoms with van der Waals surface area (Å²) in [6.07, 6.45) is 2.54. The molecule has 1 aromatic carbocycles. The Morgan fingerprint density at radius 3 is 2.76 bits per heavy atom. The molecule has 1 aromatic heterocycles. The molecule has 1 unspecified atom stereocenters. The van der Waals surface area contributed by atoms with Crippen molar-refractivity contribution in [2.75, 3.05) is 13.1 Å². The highest BCUT2D eigenvalue weighted by atomic mass is 79.9. The Hall–Kier alpha value is -1.88. The molecule has 2 heterocycles. The topological polar surface area (TPSA) is 42.4 Å². The maximum atomic E-state index is 12.3. The van der Waals surface area contributed by atoms with Crippen LogP contribution in [-0.4, -0.2) is 35.0 Å². The van der Waals surface area contributed by atoms with Crippen molar-refractivity contribution in [3.63, 3.8) is 0 Å². The number of carbonyl (C=O) groups excluding carboxylic acids is 1. The Morgan fingerprint density at radius 1 is 1.24 bits per heavy atom. The van der Waals surface area contributed by atoms with E-state index in [4.69, 9.17) is 4.74 Å². The second-order valence-corrected chi connectivity index (χ2v) is 5.88. The fourth-order valence-corrected chi connectivity index (χ4v) is 2.61. The van der Waals surface area contributed by atoms with Crippen LogP contribution in [0.4, 0.5) is 0 Å². The zero-order valence-electron chi connectivity index (χ0n) is 11.4. The van der Waals surface area contributed by atoms with Gasteiger partial charge in [0.15, 0.2) is 0 Å². The van der Waals surface area contributed by atoms with Crippen molar-refractivity contribution in [3.8, 4) is 5.88 Å². The molecule has 0 aliphatic carbocycles. The molecule has 5 heteroatoms. The molecule has 1 aliphatic rings. The fourth-order valence-electron chi connectivity index (χ4n) is 2.37. The van der Waals surface area contributed by atoms with Gasteiger partial charge in [0.2, 0.25) is 5.88 Å². The van der Waals surface area contributed by atoms with E-state index in [0.717, 1.165) is 23.0 Å². The minimum absolute atomic E-state index is 0.00587. The second-order valence-electron chi connectivity index (χ2n) is 4.96. The lowest BCUT2D eigenvalue weighted by Gasteiger charge is -2.17. The summed E-state index contributed by atoms with van der Waals surface area (Å²) >= 11 is 3.34. The molecule has 0 N–H and O–H groups in total. The van der Waals surface area contributed by atoms with E-state index in [0.29, 0.717) is 12.4 Å². The van der Waals surface area contributed by atoms with Crippen LogP contribution >= 0.6 is 15.9 Å². The van der Waals surface area contributed by atoms with Gasteiger partial charge in [-0.1, -0.05) is 18.2 Å². The third-order valence-corrected chi connectivity index (χ3v) is 3.91. The van der Waals surface area contributed by atoms with E-state index >= 15 is 0 Å². The average Bonchev–Trinajstić information content (AvgIpc) is 2.98. The Kier molecular flexibility index (Phi) is 4.20. The quantitative estimate of drug-likeness (QED) is 0.857. The summed E-state index contributed by atoms with van der Waals surface area (Å²) in [7, 11) is 0. The normalized spacial score (nSPS) is 17.8. The third kappa shape index (κ3) is 3.42. The molecule has 1 saturated heterocycles. The van der Waals surface area contributed by atoms with Gasteiger partial charge in [0.1, 0.15) is 6.10 Å². The van der Waals surface area contributed by atoms with E-state index in [1.807, 2.05) is 47.4 Å². The monoisotopic (exact) mass is 346 g/mol. The minimum Gasteiger partial charge on any atom is -0.472 e. The van der Waals surface area contributed by atoms with Gasteiger partial charge in [0, 0.05) is 35.3 Å². The standard InChI is InChI=1S/C16H15BrN2O2/c17-13-6-7-15(18-10-13)21-14-8-9-19(11-14)16(20)12-4-2-1-3-5-12/h1-7,10,14H,8-9,11H2. The molecular weight excluding hydrogens is 332 g/mol. The lowest BCUT2D eigenvalue weighted by Crippen LogP contribution is -2.30. The predicted octanol–water partition coefficient (Wildman–Crippen LogP) is 3.14. The van der Waals surface area contributed by atoms with Crippen LogP contribution in [0.1, 0.15) is 16.8 Å². The van der Waals surface area contributed by atoms with Crippen LogP contribution in [-0.2, 0) is 0 Å². The molecular formula is C16H15BrN2O2. The van der Waals surface area contributed by atoms with Gasteiger partial charge in [-0.05, 0) is 34.1 Å².